The van der Waals surface area contributed by atoms with Crippen molar-refractivity contribution in [3.63, 3.8) is 0 Å². The molecule has 0 aliphatic heterocycles. The Hall–Kier alpha value is -0.820. The van der Waals surface area contributed by atoms with Crippen molar-refractivity contribution in [2.24, 2.45) is 0 Å². The molecule has 1 aromatic rings. The van der Waals surface area contributed by atoms with Gasteiger partial charge in [-0.2, -0.15) is 0 Å². The Labute approximate surface area is 107 Å². The van der Waals surface area contributed by atoms with Gasteiger partial charge >= 0.3 is 0 Å². The van der Waals surface area contributed by atoms with Crippen LogP contribution < -0.4 is 5.32 Å². The normalized spacial score (nSPS) is 12.6. The highest BCUT2D eigenvalue weighted by Gasteiger charge is 2.05. The molecule has 0 aliphatic rings. The Bertz CT molecular complexity index is 306. The third kappa shape index (κ3) is 5.88. The van der Waals surface area contributed by atoms with Crippen LogP contribution in [0.2, 0.25) is 0 Å². The molecule has 0 saturated carbocycles. The summed E-state index contributed by atoms with van der Waals surface area (Å²) in [4.78, 5) is 0. The van der Waals surface area contributed by atoms with Gasteiger partial charge in [0.05, 0.1) is 0 Å². The van der Waals surface area contributed by atoms with E-state index in [2.05, 4.69) is 50.5 Å². The molecule has 0 fully saturated rings. The lowest BCUT2D eigenvalue weighted by Crippen LogP contribution is -2.25. The molecule has 96 valence electrons. The molecular weight excluding hydrogens is 206 g/mol. The molecule has 17 heavy (non-hydrogen) atoms. The Morgan fingerprint density at radius 2 is 2.00 bits per heavy atom. The highest BCUT2D eigenvalue weighted by Crippen LogP contribution is 2.11. The van der Waals surface area contributed by atoms with Gasteiger partial charge in [0.25, 0.3) is 0 Å². The lowest BCUT2D eigenvalue weighted by molar-refractivity contribution is 0.465. The van der Waals surface area contributed by atoms with E-state index in [1.54, 1.807) is 0 Å². The molecule has 0 bridgehead atoms. The molecule has 0 saturated heterocycles. The zero-order chi connectivity index (χ0) is 12.5. The van der Waals surface area contributed by atoms with Crippen molar-refractivity contribution in [2.75, 3.05) is 7.05 Å². The van der Waals surface area contributed by atoms with E-state index in [0.29, 0.717) is 6.04 Å². The van der Waals surface area contributed by atoms with Gasteiger partial charge in [0.15, 0.2) is 0 Å². The minimum Gasteiger partial charge on any atom is -0.317 e. The fourth-order valence-electron chi connectivity index (χ4n) is 2.28. The van der Waals surface area contributed by atoms with Crippen molar-refractivity contribution < 1.29 is 0 Å². The summed E-state index contributed by atoms with van der Waals surface area (Å²) in [6.45, 7) is 4.43. The van der Waals surface area contributed by atoms with E-state index in [4.69, 9.17) is 0 Å². The molecule has 0 aromatic heterocycles. The predicted octanol–water partition coefficient (Wildman–Crippen LogP) is 4.10. The second kappa shape index (κ2) is 8.30. The Morgan fingerprint density at radius 1 is 1.18 bits per heavy atom. The van der Waals surface area contributed by atoms with Gasteiger partial charge in [0, 0.05) is 6.04 Å². The smallest absolute Gasteiger partial charge is 0.00672 e. The third-order valence-corrected chi connectivity index (χ3v) is 3.43. The van der Waals surface area contributed by atoms with Crippen LogP contribution >= 0.6 is 0 Å². The standard InChI is InChI=1S/C16H27N/c1-4-5-6-10-16(17-3)12-11-15-9-7-8-14(2)13-15/h7-9,13,16-17H,4-6,10-12H2,1-3H3. The van der Waals surface area contributed by atoms with Crippen LogP contribution in [0.3, 0.4) is 0 Å². The minimum absolute atomic E-state index is 0.682. The summed E-state index contributed by atoms with van der Waals surface area (Å²) in [5, 5.41) is 3.45. The van der Waals surface area contributed by atoms with Crippen molar-refractivity contribution >= 4 is 0 Å². The number of hydrogen-bond acceptors (Lipinski definition) is 1. The highest BCUT2D eigenvalue weighted by atomic mass is 14.9. The molecule has 1 N–H and O–H groups in total. The number of hydrogen-bond donors (Lipinski definition) is 1. The molecule has 0 spiro atoms. The number of unbranched alkanes of at least 4 members (excludes halogenated alkanes) is 2. The Balaban J connectivity index is 2.31. The summed E-state index contributed by atoms with van der Waals surface area (Å²) in [5.74, 6) is 0. The van der Waals surface area contributed by atoms with Gasteiger partial charge < -0.3 is 5.32 Å². The van der Waals surface area contributed by atoms with Gasteiger partial charge in [0.1, 0.15) is 0 Å². The molecule has 1 heteroatoms. The van der Waals surface area contributed by atoms with E-state index in [1.165, 1.54) is 49.7 Å². The maximum absolute atomic E-state index is 3.45. The van der Waals surface area contributed by atoms with Gasteiger partial charge in [-0.15, -0.1) is 0 Å². The van der Waals surface area contributed by atoms with E-state index in [1.807, 2.05) is 0 Å². The zero-order valence-corrected chi connectivity index (χ0v) is 11.6. The quantitative estimate of drug-likeness (QED) is 0.667. The highest BCUT2D eigenvalue weighted by molar-refractivity contribution is 5.22. The molecule has 1 rings (SSSR count). The Kier molecular flexibility index (Phi) is 6.95. The van der Waals surface area contributed by atoms with E-state index in [-0.39, 0.29) is 0 Å². The van der Waals surface area contributed by atoms with Gasteiger partial charge in [-0.3, -0.25) is 0 Å². The first-order valence-electron chi connectivity index (χ1n) is 6.99. The van der Waals surface area contributed by atoms with Gasteiger partial charge in [0.2, 0.25) is 0 Å². The number of nitrogens with one attached hydrogen (secondary N) is 1. The van der Waals surface area contributed by atoms with Crippen LogP contribution in [-0.2, 0) is 6.42 Å². The number of benzene rings is 1. The second-order valence-corrected chi connectivity index (χ2v) is 5.01. The van der Waals surface area contributed by atoms with Crippen LogP contribution in [0.15, 0.2) is 24.3 Å². The van der Waals surface area contributed by atoms with Crippen molar-refractivity contribution in [1.29, 1.82) is 0 Å². The molecule has 1 unspecified atom stereocenters. The molecule has 0 radical (unpaired) electrons. The maximum atomic E-state index is 3.45. The first-order chi connectivity index (χ1) is 8.26. The van der Waals surface area contributed by atoms with Crippen LogP contribution in [0.25, 0.3) is 0 Å². The fourth-order valence-corrected chi connectivity index (χ4v) is 2.28. The van der Waals surface area contributed by atoms with Crippen LogP contribution in [0, 0.1) is 6.92 Å². The average Bonchev–Trinajstić information content (AvgIpc) is 2.34. The van der Waals surface area contributed by atoms with Crippen molar-refractivity contribution in [1.82, 2.24) is 5.32 Å². The topological polar surface area (TPSA) is 12.0 Å². The molecule has 1 aromatic carbocycles. The first kappa shape index (κ1) is 14.2. The minimum atomic E-state index is 0.682. The van der Waals surface area contributed by atoms with E-state index in [9.17, 15) is 0 Å². The van der Waals surface area contributed by atoms with E-state index < -0.39 is 0 Å². The van der Waals surface area contributed by atoms with Crippen LogP contribution in [0.1, 0.15) is 50.2 Å². The predicted molar refractivity (Wildman–Crippen MR) is 76.5 cm³/mol. The van der Waals surface area contributed by atoms with Gasteiger partial charge in [-0.1, -0.05) is 56.0 Å². The third-order valence-electron chi connectivity index (χ3n) is 3.43. The average molecular weight is 233 g/mol. The summed E-state index contributed by atoms with van der Waals surface area (Å²) in [5.41, 5.74) is 2.84. The summed E-state index contributed by atoms with van der Waals surface area (Å²) >= 11 is 0. The van der Waals surface area contributed by atoms with Crippen LogP contribution in [0.5, 0.6) is 0 Å². The lowest BCUT2D eigenvalue weighted by atomic mass is 10.00. The molecule has 1 nitrogen and oxygen atoms in total. The molecule has 0 amide bonds. The Morgan fingerprint density at radius 3 is 2.65 bits per heavy atom. The van der Waals surface area contributed by atoms with Crippen molar-refractivity contribution in [3.05, 3.63) is 35.4 Å². The first-order valence-corrected chi connectivity index (χ1v) is 6.99. The molecular formula is C16H27N. The van der Waals surface area contributed by atoms with E-state index >= 15 is 0 Å². The van der Waals surface area contributed by atoms with Gasteiger partial charge in [-0.05, 0) is 38.8 Å². The van der Waals surface area contributed by atoms with Crippen LogP contribution in [-0.4, -0.2) is 13.1 Å². The summed E-state index contributed by atoms with van der Waals surface area (Å²) in [6.07, 6.45) is 7.80. The monoisotopic (exact) mass is 233 g/mol. The fraction of sp³-hybridized carbons (Fsp3) is 0.625. The van der Waals surface area contributed by atoms with Crippen molar-refractivity contribution in [3.8, 4) is 0 Å². The van der Waals surface area contributed by atoms with Gasteiger partial charge in [-0.25, -0.2) is 0 Å². The van der Waals surface area contributed by atoms with Crippen LogP contribution in [0.4, 0.5) is 0 Å². The molecule has 1 atom stereocenters. The SMILES string of the molecule is CCCCCC(CCc1cccc(C)c1)NC. The molecule has 0 aliphatic carbocycles. The largest absolute Gasteiger partial charge is 0.317 e. The lowest BCUT2D eigenvalue weighted by Gasteiger charge is -2.16. The zero-order valence-electron chi connectivity index (χ0n) is 11.6. The molecule has 0 heterocycles. The van der Waals surface area contributed by atoms with E-state index in [0.717, 1.165) is 0 Å². The maximum Gasteiger partial charge on any atom is 0.00672 e. The summed E-state index contributed by atoms with van der Waals surface area (Å²) in [7, 11) is 2.09. The number of aryl methyl sites for hydroxylation is 2. The summed E-state index contributed by atoms with van der Waals surface area (Å²) in [6, 6.07) is 9.56. The number of rotatable bonds is 8. The second-order valence-electron chi connectivity index (χ2n) is 5.01. The van der Waals surface area contributed by atoms with Crippen molar-refractivity contribution in [2.45, 2.75) is 58.4 Å². The summed E-state index contributed by atoms with van der Waals surface area (Å²) < 4.78 is 0.